The molecule has 0 radical (unpaired) electrons. The molecule has 3 N–H and O–H groups in total. The Bertz CT molecular complexity index is 1830. The van der Waals surface area contributed by atoms with Gasteiger partial charge in [-0.3, -0.25) is 37.3 Å². The standard InChI is InChI=1S/C77H150O17P2/c1-5-9-13-17-20-23-26-29-32-35-36-37-40-43-46-49-52-56-60-64-77(82)94-73(68-88-75(80)62-58-54-50-47-44-41-38-33-30-27-24-21-18-14-10-6-2)70-92-96(85,86)90-66-71(78)65-89-95(83,84)91-69-72(67-87-74(79)61-57-53-16-12-8-4)93-76(81)63-59-55-51-48-45-42-39-34-31-28-25-22-19-15-11-7-3/h71-73,78H,5-70H2,1-4H3,(H,83,84)(H,85,86)/t71-,72+,73+/m0/s1. The molecule has 0 aliphatic carbocycles. The summed E-state index contributed by atoms with van der Waals surface area (Å²) in [5.74, 6) is -2.12. The zero-order valence-electron chi connectivity index (χ0n) is 62.4. The molecule has 0 aromatic heterocycles. The van der Waals surface area contributed by atoms with Crippen LogP contribution in [-0.2, 0) is 65.4 Å². The highest BCUT2D eigenvalue weighted by atomic mass is 31.2. The summed E-state index contributed by atoms with van der Waals surface area (Å²) >= 11 is 0. The summed E-state index contributed by atoms with van der Waals surface area (Å²) in [6, 6.07) is 0. The van der Waals surface area contributed by atoms with Gasteiger partial charge in [-0.1, -0.05) is 362 Å². The van der Waals surface area contributed by atoms with Crippen LogP contribution < -0.4 is 0 Å². The SMILES string of the molecule is CCCCCCCCCCCCCCCCCCCCCC(=O)O[C@H](COC(=O)CCCCCCCCCCCCCCCCCC)COP(=O)(O)OC[C@@H](O)COP(=O)(O)OC[C@@H](COC(=O)CCCCCCC)OC(=O)CCCCCCCCCCCCCCCCCC. The van der Waals surface area contributed by atoms with Crippen molar-refractivity contribution in [1.29, 1.82) is 0 Å². The third-order valence-electron chi connectivity index (χ3n) is 18.1. The van der Waals surface area contributed by atoms with Crippen molar-refractivity contribution in [2.45, 2.75) is 431 Å². The molecule has 0 aliphatic rings. The first-order chi connectivity index (χ1) is 46.7. The monoisotopic (exact) mass is 1410 g/mol. The Morgan fingerprint density at radius 3 is 0.615 bits per heavy atom. The Balaban J connectivity index is 5.12. The predicted molar refractivity (Wildman–Crippen MR) is 391 cm³/mol. The number of rotatable bonds is 78. The fraction of sp³-hybridized carbons (Fsp3) is 0.948. The van der Waals surface area contributed by atoms with E-state index in [1.54, 1.807) is 0 Å². The summed E-state index contributed by atoms with van der Waals surface area (Å²) in [5, 5.41) is 10.6. The Morgan fingerprint density at radius 1 is 0.250 bits per heavy atom. The number of carbonyl (C=O) groups is 4. The fourth-order valence-electron chi connectivity index (χ4n) is 11.9. The molecule has 96 heavy (non-hydrogen) atoms. The van der Waals surface area contributed by atoms with E-state index in [0.29, 0.717) is 25.7 Å². The van der Waals surface area contributed by atoms with Crippen molar-refractivity contribution in [2.75, 3.05) is 39.6 Å². The Hall–Kier alpha value is -1.94. The molecule has 0 bridgehead atoms. The molecular formula is C77H150O17P2. The summed E-state index contributed by atoms with van der Waals surface area (Å²) in [5.41, 5.74) is 0. The van der Waals surface area contributed by atoms with Crippen LogP contribution in [0.3, 0.4) is 0 Å². The Labute approximate surface area is 588 Å². The molecule has 0 aliphatic heterocycles. The second-order valence-electron chi connectivity index (χ2n) is 27.7. The number of esters is 4. The van der Waals surface area contributed by atoms with Gasteiger partial charge in [0, 0.05) is 25.7 Å². The zero-order valence-corrected chi connectivity index (χ0v) is 64.1. The molecular weight excluding hydrogens is 1260 g/mol. The van der Waals surface area contributed by atoms with Crippen molar-refractivity contribution in [1.82, 2.24) is 0 Å². The molecule has 5 atom stereocenters. The highest BCUT2D eigenvalue weighted by Crippen LogP contribution is 2.45. The van der Waals surface area contributed by atoms with Gasteiger partial charge in [0.2, 0.25) is 0 Å². The second kappa shape index (κ2) is 71.5. The van der Waals surface area contributed by atoms with Gasteiger partial charge in [-0.25, -0.2) is 9.13 Å². The van der Waals surface area contributed by atoms with E-state index in [1.807, 2.05) is 0 Å². The predicted octanol–water partition coefficient (Wildman–Crippen LogP) is 23.0. The van der Waals surface area contributed by atoms with Gasteiger partial charge in [-0.15, -0.1) is 0 Å². The first-order valence-corrected chi connectivity index (χ1v) is 43.3. The molecule has 0 spiro atoms. The molecule has 0 saturated carbocycles. The molecule has 0 heterocycles. The number of hydrogen-bond donors (Lipinski definition) is 3. The third-order valence-corrected chi connectivity index (χ3v) is 20.0. The van der Waals surface area contributed by atoms with Crippen LogP contribution in [0.1, 0.15) is 413 Å². The highest BCUT2D eigenvalue weighted by molar-refractivity contribution is 7.47. The maximum atomic E-state index is 13.1. The average Bonchev–Trinajstić information content (AvgIpc) is 1.42. The summed E-state index contributed by atoms with van der Waals surface area (Å²) in [7, 11) is -9.90. The molecule has 2 unspecified atom stereocenters. The lowest BCUT2D eigenvalue weighted by atomic mass is 10.0. The quantitative estimate of drug-likeness (QED) is 0.0222. The summed E-state index contributed by atoms with van der Waals surface area (Å²) in [6.07, 6.45) is 62.8. The van der Waals surface area contributed by atoms with E-state index in [4.69, 9.17) is 37.0 Å². The van der Waals surface area contributed by atoms with E-state index in [9.17, 15) is 43.2 Å². The van der Waals surface area contributed by atoms with E-state index in [1.165, 1.54) is 238 Å². The fourth-order valence-corrected chi connectivity index (χ4v) is 13.5. The number of carbonyl (C=O) groups excluding carboxylic acids is 4. The average molecular weight is 1410 g/mol. The number of unbranched alkanes of at least 4 members (excludes halogenated alkanes) is 52. The topological polar surface area (TPSA) is 237 Å². The van der Waals surface area contributed by atoms with Gasteiger partial charge in [0.25, 0.3) is 0 Å². The van der Waals surface area contributed by atoms with Crippen LogP contribution in [0.5, 0.6) is 0 Å². The van der Waals surface area contributed by atoms with Crippen LogP contribution in [0.25, 0.3) is 0 Å². The number of aliphatic hydroxyl groups excluding tert-OH is 1. The number of phosphoric ester groups is 2. The Kier molecular flexibility index (Phi) is 70.0. The normalized spacial score (nSPS) is 13.9. The van der Waals surface area contributed by atoms with Crippen molar-refractivity contribution < 1.29 is 80.2 Å². The highest BCUT2D eigenvalue weighted by Gasteiger charge is 2.30. The van der Waals surface area contributed by atoms with Gasteiger partial charge < -0.3 is 33.8 Å². The van der Waals surface area contributed by atoms with Gasteiger partial charge in [-0.05, 0) is 25.7 Å². The molecule has 0 fully saturated rings. The molecule has 0 saturated heterocycles. The maximum Gasteiger partial charge on any atom is 0.472 e. The first-order valence-electron chi connectivity index (χ1n) is 40.3. The molecule has 19 heteroatoms. The number of ether oxygens (including phenoxy) is 4. The van der Waals surface area contributed by atoms with Crippen molar-refractivity contribution >= 4 is 39.5 Å². The number of phosphoric acid groups is 2. The first kappa shape index (κ1) is 94.1. The van der Waals surface area contributed by atoms with Crippen molar-refractivity contribution in [2.24, 2.45) is 0 Å². The van der Waals surface area contributed by atoms with Crippen molar-refractivity contribution in [3.8, 4) is 0 Å². The van der Waals surface area contributed by atoms with E-state index < -0.39 is 97.5 Å². The Morgan fingerprint density at radius 2 is 0.417 bits per heavy atom. The molecule has 570 valence electrons. The van der Waals surface area contributed by atoms with Crippen LogP contribution in [0.2, 0.25) is 0 Å². The lowest BCUT2D eigenvalue weighted by Crippen LogP contribution is -2.30. The minimum absolute atomic E-state index is 0.108. The van der Waals surface area contributed by atoms with Crippen LogP contribution in [0.4, 0.5) is 0 Å². The van der Waals surface area contributed by atoms with Gasteiger partial charge >= 0.3 is 39.5 Å². The summed E-state index contributed by atoms with van der Waals surface area (Å²) in [6.45, 7) is 4.92. The molecule has 0 rings (SSSR count). The van der Waals surface area contributed by atoms with E-state index in [0.717, 1.165) is 96.3 Å². The molecule has 0 aromatic carbocycles. The van der Waals surface area contributed by atoms with Gasteiger partial charge in [-0.2, -0.15) is 0 Å². The lowest BCUT2D eigenvalue weighted by Gasteiger charge is -2.21. The van der Waals surface area contributed by atoms with Gasteiger partial charge in [0.15, 0.2) is 12.2 Å². The molecule has 0 aromatic rings. The maximum absolute atomic E-state index is 13.1. The van der Waals surface area contributed by atoms with E-state index in [2.05, 4.69) is 27.7 Å². The van der Waals surface area contributed by atoms with Crippen molar-refractivity contribution in [3.63, 3.8) is 0 Å². The van der Waals surface area contributed by atoms with Gasteiger partial charge in [0.1, 0.15) is 19.3 Å². The molecule has 17 nitrogen and oxygen atoms in total. The van der Waals surface area contributed by atoms with Crippen LogP contribution in [0.15, 0.2) is 0 Å². The summed E-state index contributed by atoms with van der Waals surface area (Å²) in [4.78, 5) is 72.6. The largest absolute Gasteiger partial charge is 0.472 e. The van der Waals surface area contributed by atoms with Crippen molar-refractivity contribution in [3.05, 3.63) is 0 Å². The molecule has 0 amide bonds. The van der Waals surface area contributed by atoms with Crippen LogP contribution in [0, 0.1) is 0 Å². The summed E-state index contributed by atoms with van der Waals surface area (Å²) < 4.78 is 68.4. The van der Waals surface area contributed by atoms with Gasteiger partial charge in [0.05, 0.1) is 26.4 Å². The third kappa shape index (κ3) is 70.5. The smallest absolute Gasteiger partial charge is 0.462 e. The number of hydrogen-bond acceptors (Lipinski definition) is 15. The number of aliphatic hydroxyl groups is 1. The minimum Gasteiger partial charge on any atom is -0.462 e. The second-order valence-corrected chi connectivity index (χ2v) is 30.7. The lowest BCUT2D eigenvalue weighted by molar-refractivity contribution is -0.161. The van der Waals surface area contributed by atoms with Crippen LogP contribution >= 0.6 is 15.6 Å². The zero-order chi connectivity index (χ0) is 70.4. The van der Waals surface area contributed by atoms with E-state index >= 15 is 0 Å². The van der Waals surface area contributed by atoms with Crippen LogP contribution in [-0.4, -0.2) is 96.7 Å². The minimum atomic E-state index is -4.95. The van der Waals surface area contributed by atoms with E-state index in [-0.39, 0.29) is 25.7 Å².